The van der Waals surface area contributed by atoms with Gasteiger partial charge >= 0.3 is 0 Å². The summed E-state index contributed by atoms with van der Waals surface area (Å²) in [6.07, 6.45) is 1.91. The molecule has 0 aliphatic heterocycles. The van der Waals surface area contributed by atoms with Gasteiger partial charge in [0.15, 0.2) is 6.61 Å². The van der Waals surface area contributed by atoms with E-state index in [0.717, 1.165) is 5.69 Å². The lowest BCUT2D eigenvalue weighted by molar-refractivity contribution is -0.899. The van der Waals surface area contributed by atoms with Crippen molar-refractivity contribution in [3.05, 3.63) is 66.0 Å². The number of halogens is 1. The Morgan fingerprint density at radius 2 is 1.69 bits per heavy atom. The summed E-state index contributed by atoms with van der Waals surface area (Å²) in [4.78, 5) is 5.64. The maximum atomic E-state index is 5.64. The summed E-state index contributed by atoms with van der Waals surface area (Å²) in [6, 6.07) is 16.1. The molecule has 0 bridgehead atoms. The van der Waals surface area contributed by atoms with Gasteiger partial charge in [0.2, 0.25) is 11.9 Å². The normalized spacial score (nSPS) is 9.31. The number of hydrogen-bond acceptors (Lipinski definition) is 1. The summed E-state index contributed by atoms with van der Waals surface area (Å²) >= 11 is 0. The minimum atomic E-state index is 0. The van der Waals surface area contributed by atoms with Crippen LogP contribution >= 0.6 is 0 Å². The lowest BCUT2D eigenvalue weighted by Crippen LogP contribution is -3.00. The predicted molar refractivity (Wildman–Crippen MR) is 58.1 cm³/mol. The van der Waals surface area contributed by atoms with Crippen LogP contribution in [0.1, 0.15) is 11.3 Å². The number of benzene rings is 1. The smallest absolute Gasteiger partial charge is 0.231 e. The first-order valence-corrected chi connectivity index (χ1v) is 5.01. The van der Waals surface area contributed by atoms with Gasteiger partial charge in [-0.15, -0.1) is 0 Å². The topological polar surface area (TPSA) is 13.1 Å². The number of pyridine rings is 1. The van der Waals surface area contributed by atoms with Crippen LogP contribution in [0, 0.1) is 6.92 Å². The quantitative estimate of drug-likeness (QED) is 0.652. The standard InChI is InChI=1S/C13H14NO.BrH/c1-12-7-5-6-10-14(12)15-11-13-8-3-2-4-9-13;/h2-10H,11H2,1H3;1H/q+1;/p-1. The van der Waals surface area contributed by atoms with Crippen LogP contribution in [-0.2, 0) is 6.61 Å². The summed E-state index contributed by atoms with van der Waals surface area (Å²) in [6.45, 7) is 2.61. The molecule has 0 aliphatic rings. The zero-order valence-corrected chi connectivity index (χ0v) is 10.7. The van der Waals surface area contributed by atoms with Crippen LogP contribution in [0.3, 0.4) is 0 Å². The summed E-state index contributed by atoms with van der Waals surface area (Å²) in [7, 11) is 0. The molecule has 0 aliphatic carbocycles. The molecule has 0 saturated carbocycles. The zero-order chi connectivity index (χ0) is 10.5. The van der Waals surface area contributed by atoms with Crippen molar-refractivity contribution in [2.75, 3.05) is 0 Å². The molecule has 0 atom stereocenters. The highest BCUT2D eigenvalue weighted by Gasteiger charge is 2.05. The fraction of sp³-hybridized carbons (Fsp3) is 0.154. The molecule has 3 heteroatoms. The minimum Gasteiger partial charge on any atom is -1.00 e. The van der Waals surface area contributed by atoms with Crippen molar-refractivity contribution in [2.45, 2.75) is 13.5 Å². The van der Waals surface area contributed by atoms with E-state index in [-0.39, 0.29) is 17.0 Å². The van der Waals surface area contributed by atoms with Gasteiger partial charge in [-0.2, -0.15) is 0 Å². The van der Waals surface area contributed by atoms with E-state index >= 15 is 0 Å². The molecule has 0 spiro atoms. The summed E-state index contributed by atoms with van der Waals surface area (Å²) in [5, 5.41) is 0. The Kier molecular flexibility index (Phi) is 4.99. The average Bonchev–Trinajstić information content (AvgIpc) is 2.29. The molecule has 0 unspecified atom stereocenters. The first-order valence-electron chi connectivity index (χ1n) is 5.01. The third-order valence-corrected chi connectivity index (χ3v) is 2.23. The highest BCUT2D eigenvalue weighted by atomic mass is 79.9. The van der Waals surface area contributed by atoms with Gasteiger partial charge in [0.1, 0.15) is 0 Å². The SMILES string of the molecule is Cc1cccc[n+]1OCc1ccccc1.[Br-]. The van der Waals surface area contributed by atoms with E-state index in [4.69, 9.17) is 4.84 Å². The Bertz CT molecular complexity index is 431. The van der Waals surface area contributed by atoms with Crippen molar-refractivity contribution < 1.29 is 26.5 Å². The van der Waals surface area contributed by atoms with Crippen LogP contribution in [0.5, 0.6) is 0 Å². The Hall–Kier alpha value is -1.35. The second-order valence-corrected chi connectivity index (χ2v) is 3.43. The molecule has 2 aromatic rings. The molecule has 2 nitrogen and oxygen atoms in total. The third kappa shape index (κ3) is 3.35. The zero-order valence-electron chi connectivity index (χ0n) is 9.14. The molecule has 1 heterocycles. The summed E-state index contributed by atoms with van der Waals surface area (Å²) < 4.78 is 1.78. The fourth-order valence-corrected chi connectivity index (χ4v) is 1.38. The molecule has 0 N–H and O–H groups in total. The van der Waals surface area contributed by atoms with Crippen LogP contribution in [0.25, 0.3) is 0 Å². The molecule has 0 radical (unpaired) electrons. The number of aromatic nitrogens is 1. The van der Waals surface area contributed by atoms with Crippen molar-refractivity contribution in [2.24, 2.45) is 0 Å². The van der Waals surface area contributed by atoms with Crippen LogP contribution in [-0.4, -0.2) is 0 Å². The van der Waals surface area contributed by atoms with Crippen molar-refractivity contribution in [1.29, 1.82) is 0 Å². The molecule has 16 heavy (non-hydrogen) atoms. The Morgan fingerprint density at radius 3 is 2.38 bits per heavy atom. The molecule has 84 valence electrons. The molecular weight excluding hydrogens is 266 g/mol. The monoisotopic (exact) mass is 279 g/mol. The largest absolute Gasteiger partial charge is 1.00 e. The molecule has 0 amide bonds. The average molecular weight is 280 g/mol. The molecular formula is C13H14BrNO. The fourth-order valence-electron chi connectivity index (χ4n) is 1.38. The Labute approximate surface area is 106 Å². The second kappa shape index (κ2) is 6.28. The van der Waals surface area contributed by atoms with Crippen molar-refractivity contribution >= 4 is 0 Å². The predicted octanol–water partition coefficient (Wildman–Crippen LogP) is -1.08. The summed E-state index contributed by atoms with van der Waals surface area (Å²) in [5.41, 5.74) is 2.27. The van der Waals surface area contributed by atoms with Crippen molar-refractivity contribution in [3.63, 3.8) is 0 Å². The van der Waals surface area contributed by atoms with Crippen LogP contribution in [0.4, 0.5) is 0 Å². The van der Waals surface area contributed by atoms with Gasteiger partial charge in [-0.1, -0.05) is 30.3 Å². The van der Waals surface area contributed by atoms with Crippen molar-refractivity contribution in [1.82, 2.24) is 0 Å². The number of nitrogens with zero attached hydrogens (tertiary/aromatic N) is 1. The Balaban J connectivity index is 0.00000128. The second-order valence-electron chi connectivity index (χ2n) is 3.43. The van der Waals surface area contributed by atoms with E-state index in [1.54, 1.807) is 4.73 Å². The minimum absolute atomic E-state index is 0. The van der Waals surface area contributed by atoms with E-state index in [1.165, 1.54) is 5.56 Å². The van der Waals surface area contributed by atoms with Crippen molar-refractivity contribution in [3.8, 4) is 0 Å². The van der Waals surface area contributed by atoms with Gasteiger partial charge in [0.05, 0.1) is 0 Å². The molecule has 2 rings (SSSR count). The Morgan fingerprint density at radius 1 is 1.00 bits per heavy atom. The van der Waals surface area contributed by atoms with Gasteiger partial charge < -0.3 is 17.0 Å². The van der Waals surface area contributed by atoms with Gasteiger partial charge in [0.25, 0.3) is 0 Å². The molecule has 0 fully saturated rings. The van der Waals surface area contributed by atoms with E-state index in [1.807, 2.05) is 49.5 Å². The van der Waals surface area contributed by atoms with Gasteiger partial charge in [0, 0.05) is 23.8 Å². The maximum absolute atomic E-state index is 5.64. The lowest BCUT2D eigenvalue weighted by atomic mass is 10.2. The summed E-state index contributed by atoms with van der Waals surface area (Å²) in [5.74, 6) is 0. The van der Waals surface area contributed by atoms with Gasteiger partial charge in [-0.3, -0.25) is 4.84 Å². The molecule has 0 saturated heterocycles. The van der Waals surface area contributed by atoms with Gasteiger partial charge in [-0.05, 0) is 11.6 Å². The van der Waals surface area contributed by atoms with E-state index < -0.39 is 0 Å². The third-order valence-electron chi connectivity index (χ3n) is 2.23. The highest BCUT2D eigenvalue weighted by Crippen LogP contribution is 1.97. The van der Waals surface area contributed by atoms with Crippen LogP contribution in [0.2, 0.25) is 0 Å². The molecule has 1 aromatic heterocycles. The van der Waals surface area contributed by atoms with Crippen LogP contribution < -0.4 is 26.5 Å². The van der Waals surface area contributed by atoms with E-state index in [0.29, 0.717) is 6.61 Å². The van der Waals surface area contributed by atoms with E-state index in [2.05, 4.69) is 12.1 Å². The maximum Gasteiger partial charge on any atom is 0.231 e. The van der Waals surface area contributed by atoms with Gasteiger partial charge in [-0.25, -0.2) is 0 Å². The van der Waals surface area contributed by atoms with Crippen LogP contribution in [0.15, 0.2) is 54.7 Å². The highest BCUT2D eigenvalue weighted by molar-refractivity contribution is 5.13. The lowest BCUT2D eigenvalue weighted by Gasteiger charge is -2.00. The number of hydrogen-bond donors (Lipinski definition) is 0. The first-order chi connectivity index (χ1) is 7.36. The number of aryl methyl sites for hydroxylation is 1. The molecule has 1 aromatic carbocycles. The first kappa shape index (κ1) is 12.7. The van der Waals surface area contributed by atoms with E-state index in [9.17, 15) is 0 Å². The number of rotatable bonds is 3.